The van der Waals surface area contributed by atoms with Crippen molar-refractivity contribution in [1.29, 1.82) is 0 Å². The maximum atomic E-state index is 12.6. The van der Waals surface area contributed by atoms with Gasteiger partial charge in [0.25, 0.3) is 0 Å². The van der Waals surface area contributed by atoms with Gasteiger partial charge in [-0.2, -0.15) is 5.10 Å². The molecule has 1 N–H and O–H groups in total. The van der Waals surface area contributed by atoms with Gasteiger partial charge in [-0.25, -0.2) is 4.68 Å². The molecule has 0 aliphatic rings. The van der Waals surface area contributed by atoms with Gasteiger partial charge in [-0.05, 0) is 49.0 Å². The SMILES string of the molecule is Cc1ccc(-n2c(COc3ccccc3)nn(CC(=O)NCc3ccccc3)c2=S)cc1. The largest absolute Gasteiger partial charge is 0.486 e. The molecule has 0 bridgehead atoms. The standard InChI is InChI=1S/C25H24N4O2S/c1-19-12-14-21(15-13-19)29-23(18-31-22-10-6-3-7-11-22)27-28(25(29)32)17-24(30)26-16-20-8-4-2-5-9-20/h2-15H,16-18H2,1H3,(H,26,30). The molecule has 0 saturated heterocycles. The van der Waals surface area contributed by atoms with Crippen molar-refractivity contribution < 1.29 is 9.53 Å². The highest BCUT2D eigenvalue weighted by Crippen LogP contribution is 2.17. The quantitative estimate of drug-likeness (QED) is 0.403. The number of aryl methyl sites for hydroxylation is 1. The lowest BCUT2D eigenvalue weighted by atomic mass is 10.2. The summed E-state index contributed by atoms with van der Waals surface area (Å²) in [5.74, 6) is 1.21. The Morgan fingerprint density at radius 3 is 2.31 bits per heavy atom. The fourth-order valence-electron chi connectivity index (χ4n) is 3.26. The van der Waals surface area contributed by atoms with Gasteiger partial charge < -0.3 is 10.1 Å². The third-order valence-corrected chi connectivity index (χ3v) is 5.33. The van der Waals surface area contributed by atoms with Gasteiger partial charge in [0.05, 0.1) is 0 Å². The first-order valence-corrected chi connectivity index (χ1v) is 10.8. The molecular weight excluding hydrogens is 420 g/mol. The van der Waals surface area contributed by atoms with Crippen molar-refractivity contribution in [3.8, 4) is 11.4 Å². The van der Waals surface area contributed by atoms with E-state index in [1.807, 2.05) is 96.4 Å². The van der Waals surface area contributed by atoms with Crippen molar-refractivity contribution in [2.75, 3.05) is 0 Å². The lowest BCUT2D eigenvalue weighted by molar-refractivity contribution is -0.122. The highest BCUT2D eigenvalue weighted by atomic mass is 32.1. The van der Waals surface area contributed by atoms with E-state index >= 15 is 0 Å². The Morgan fingerprint density at radius 2 is 1.62 bits per heavy atom. The molecule has 0 unspecified atom stereocenters. The minimum Gasteiger partial charge on any atom is -0.486 e. The molecule has 4 aromatic rings. The first kappa shape index (κ1) is 21.5. The van der Waals surface area contributed by atoms with Crippen molar-refractivity contribution in [2.24, 2.45) is 0 Å². The number of rotatable bonds is 8. The van der Waals surface area contributed by atoms with Crippen molar-refractivity contribution in [3.05, 3.63) is 107 Å². The van der Waals surface area contributed by atoms with E-state index in [4.69, 9.17) is 17.0 Å². The molecule has 1 amide bonds. The normalized spacial score (nSPS) is 10.7. The van der Waals surface area contributed by atoms with Gasteiger partial charge in [0, 0.05) is 12.2 Å². The average Bonchev–Trinajstić information content (AvgIpc) is 3.13. The molecule has 0 aliphatic carbocycles. The fraction of sp³-hybridized carbons (Fsp3) is 0.160. The van der Waals surface area contributed by atoms with Crippen LogP contribution in [-0.4, -0.2) is 20.3 Å². The summed E-state index contributed by atoms with van der Waals surface area (Å²) in [6, 6.07) is 27.3. The first-order chi connectivity index (χ1) is 15.6. The Balaban J connectivity index is 1.56. The monoisotopic (exact) mass is 444 g/mol. The number of benzene rings is 3. The molecule has 1 aromatic heterocycles. The molecule has 162 valence electrons. The van der Waals surface area contributed by atoms with Gasteiger partial charge in [0.2, 0.25) is 10.7 Å². The second-order valence-corrected chi connectivity index (χ2v) is 7.76. The Kier molecular flexibility index (Phi) is 6.77. The molecule has 4 rings (SSSR count). The minimum atomic E-state index is -0.158. The number of nitrogens with zero attached hydrogens (tertiary/aromatic N) is 3. The van der Waals surface area contributed by atoms with E-state index < -0.39 is 0 Å². The van der Waals surface area contributed by atoms with Crippen LogP contribution in [0.5, 0.6) is 5.75 Å². The van der Waals surface area contributed by atoms with Crippen molar-refractivity contribution in [3.63, 3.8) is 0 Å². The average molecular weight is 445 g/mol. The predicted octanol–water partition coefficient (Wildman–Crippen LogP) is 4.61. The van der Waals surface area contributed by atoms with Crippen LogP contribution in [0.15, 0.2) is 84.9 Å². The zero-order valence-corrected chi connectivity index (χ0v) is 18.6. The molecule has 0 atom stereocenters. The maximum Gasteiger partial charge on any atom is 0.242 e. The van der Waals surface area contributed by atoms with E-state index in [0.717, 1.165) is 22.6 Å². The highest BCUT2D eigenvalue weighted by Gasteiger charge is 2.15. The summed E-state index contributed by atoms with van der Waals surface area (Å²) in [5.41, 5.74) is 3.06. The van der Waals surface area contributed by atoms with Crippen LogP contribution >= 0.6 is 12.2 Å². The number of carbonyl (C=O) groups excluding carboxylic acids is 1. The Labute approximate surface area is 192 Å². The van der Waals surface area contributed by atoms with Crippen molar-refractivity contribution in [1.82, 2.24) is 19.7 Å². The van der Waals surface area contributed by atoms with E-state index in [-0.39, 0.29) is 19.1 Å². The number of hydrogen-bond acceptors (Lipinski definition) is 4. The van der Waals surface area contributed by atoms with Crippen LogP contribution in [0.2, 0.25) is 0 Å². The molecule has 6 nitrogen and oxygen atoms in total. The number of para-hydroxylation sites is 1. The third kappa shape index (κ3) is 5.31. The van der Waals surface area contributed by atoms with Crippen LogP contribution in [-0.2, 0) is 24.5 Å². The van der Waals surface area contributed by atoms with Gasteiger partial charge >= 0.3 is 0 Å². The van der Waals surface area contributed by atoms with Crippen molar-refractivity contribution >= 4 is 18.1 Å². The molecule has 7 heteroatoms. The van der Waals surface area contributed by atoms with Gasteiger partial charge in [-0.3, -0.25) is 9.36 Å². The molecule has 0 saturated carbocycles. The van der Waals surface area contributed by atoms with Crippen LogP contribution in [0.1, 0.15) is 17.0 Å². The molecule has 0 radical (unpaired) electrons. The molecule has 32 heavy (non-hydrogen) atoms. The van der Waals surface area contributed by atoms with E-state index in [1.54, 1.807) is 4.68 Å². The zero-order chi connectivity index (χ0) is 22.3. The summed E-state index contributed by atoms with van der Waals surface area (Å²) in [5, 5.41) is 7.53. The summed E-state index contributed by atoms with van der Waals surface area (Å²) in [4.78, 5) is 12.6. The topological polar surface area (TPSA) is 61.1 Å². The van der Waals surface area contributed by atoms with Crippen LogP contribution in [0.25, 0.3) is 5.69 Å². The summed E-state index contributed by atoms with van der Waals surface area (Å²) >= 11 is 5.68. The zero-order valence-electron chi connectivity index (χ0n) is 17.8. The second kappa shape index (κ2) is 10.1. The molecule has 0 aliphatic heterocycles. The molecule has 0 fully saturated rings. The lowest BCUT2D eigenvalue weighted by Gasteiger charge is -2.09. The molecule has 0 spiro atoms. The van der Waals surface area contributed by atoms with E-state index in [0.29, 0.717) is 17.1 Å². The minimum absolute atomic E-state index is 0.0306. The third-order valence-electron chi connectivity index (χ3n) is 4.94. The van der Waals surface area contributed by atoms with Gasteiger partial charge in [-0.1, -0.05) is 66.2 Å². The summed E-state index contributed by atoms with van der Waals surface area (Å²) in [6.45, 7) is 2.74. The van der Waals surface area contributed by atoms with Crippen LogP contribution < -0.4 is 10.1 Å². The Bertz CT molecular complexity index is 1230. The number of carbonyl (C=O) groups is 1. The van der Waals surface area contributed by atoms with Crippen LogP contribution in [0, 0.1) is 11.7 Å². The Hall–Kier alpha value is -3.71. The number of hydrogen-bond donors (Lipinski definition) is 1. The van der Waals surface area contributed by atoms with E-state index in [1.165, 1.54) is 0 Å². The fourth-order valence-corrected chi connectivity index (χ4v) is 3.57. The van der Waals surface area contributed by atoms with Gasteiger partial charge in [0.1, 0.15) is 18.9 Å². The summed E-state index contributed by atoms with van der Waals surface area (Å²) < 4.78 is 9.74. The Morgan fingerprint density at radius 1 is 0.969 bits per heavy atom. The van der Waals surface area contributed by atoms with Crippen LogP contribution in [0.3, 0.4) is 0 Å². The maximum absolute atomic E-state index is 12.6. The number of ether oxygens (including phenoxy) is 1. The highest BCUT2D eigenvalue weighted by molar-refractivity contribution is 7.71. The first-order valence-electron chi connectivity index (χ1n) is 10.3. The van der Waals surface area contributed by atoms with E-state index in [2.05, 4.69) is 10.4 Å². The van der Waals surface area contributed by atoms with Crippen LogP contribution in [0.4, 0.5) is 0 Å². The smallest absolute Gasteiger partial charge is 0.242 e. The summed E-state index contributed by atoms with van der Waals surface area (Å²) in [6.07, 6.45) is 0. The predicted molar refractivity (Wildman–Crippen MR) is 126 cm³/mol. The molecular formula is C25H24N4O2S. The van der Waals surface area contributed by atoms with Gasteiger partial charge in [-0.15, -0.1) is 0 Å². The van der Waals surface area contributed by atoms with Gasteiger partial charge in [0.15, 0.2) is 5.82 Å². The second-order valence-electron chi connectivity index (χ2n) is 7.39. The van der Waals surface area contributed by atoms with Crippen molar-refractivity contribution in [2.45, 2.75) is 26.6 Å². The number of amides is 1. The molecule has 3 aromatic carbocycles. The number of aromatic nitrogens is 3. The number of nitrogens with one attached hydrogen (secondary N) is 1. The lowest BCUT2D eigenvalue weighted by Crippen LogP contribution is -2.27. The molecule has 1 heterocycles. The summed E-state index contributed by atoms with van der Waals surface area (Å²) in [7, 11) is 0. The van der Waals surface area contributed by atoms with E-state index in [9.17, 15) is 4.79 Å².